The number of halogens is 3. The molecule has 2 saturated heterocycles. The Morgan fingerprint density at radius 1 is 1.07 bits per heavy atom. The fourth-order valence-electron chi connectivity index (χ4n) is 6.26. The van der Waals surface area contributed by atoms with Crippen molar-refractivity contribution in [1.29, 1.82) is 0 Å². The van der Waals surface area contributed by atoms with E-state index in [0.717, 1.165) is 55.5 Å². The van der Waals surface area contributed by atoms with Gasteiger partial charge in [-0.3, -0.25) is 14.0 Å². The van der Waals surface area contributed by atoms with Crippen LogP contribution in [0.5, 0.6) is 0 Å². The van der Waals surface area contributed by atoms with Crippen molar-refractivity contribution in [1.82, 2.24) is 24.3 Å². The lowest BCUT2D eigenvalue weighted by molar-refractivity contribution is -0.170. The van der Waals surface area contributed by atoms with E-state index in [1.54, 1.807) is 24.3 Å². The molecule has 3 fully saturated rings. The van der Waals surface area contributed by atoms with E-state index in [2.05, 4.69) is 19.7 Å². The van der Waals surface area contributed by atoms with Crippen molar-refractivity contribution in [3.8, 4) is 11.3 Å². The van der Waals surface area contributed by atoms with Crippen LogP contribution >= 0.6 is 0 Å². The molecule has 3 N–H and O–H groups in total. The van der Waals surface area contributed by atoms with Gasteiger partial charge in [-0.25, -0.2) is 15.0 Å². The van der Waals surface area contributed by atoms with Crippen LogP contribution in [0.1, 0.15) is 71.9 Å². The zero-order valence-electron chi connectivity index (χ0n) is 24.6. The lowest BCUT2D eigenvalue weighted by atomic mass is 9.85. The average Bonchev–Trinajstić information content (AvgIpc) is 3.78. The Labute approximate surface area is 256 Å². The summed E-state index contributed by atoms with van der Waals surface area (Å²) in [6, 6.07) is 8.27. The topological polar surface area (TPSA) is 128 Å². The maximum atomic E-state index is 13.4. The molecule has 0 bridgehead atoms. The van der Waals surface area contributed by atoms with Gasteiger partial charge in [0.05, 0.1) is 24.2 Å². The third kappa shape index (κ3) is 5.39. The number of carbonyl (C=O) groups excluding carboxylic acids is 2. The summed E-state index contributed by atoms with van der Waals surface area (Å²) in [5.41, 5.74) is 8.39. The van der Waals surface area contributed by atoms with Gasteiger partial charge in [-0.1, -0.05) is 12.1 Å². The largest absolute Gasteiger partial charge is 0.416 e. The molecule has 4 aromatic rings. The van der Waals surface area contributed by atoms with Gasteiger partial charge in [0.1, 0.15) is 28.7 Å². The highest BCUT2D eigenvalue weighted by atomic mass is 19.4. The third-order valence-electron chi connectivity index (χ3n) is 8.92. The molecule has 45 heavy (non-hydrogen) atoms. The van der Waals surface area contributed by atoms with Gasteiger partial charge in [0.2, 0.25) is 5.91 Å². The van der Waals surface area contributed by atoms with Crippen LogP contribution in [-0.4, -0.2) is 62.4 Å². The van der Waals surface area contributed by atoms with Crippen LogP contribution in [0.2, 0.25) is 0 Å². The minimum absolute atomic E-state index is 0.0159. The molecule has 1 unspecified atom stereocenters. The van der Waals surface area contributed by atoms with Crippen LogP contribution in [0.3, 0.4) is 0 Å². The van der Waals surface area contributed by atoms with Crippen molar-refractivity contribution < 1.29 is 27.5 Å². The first kappa shape index (κ1) is 29.2. The molecule has 3 aliphatic rings. The molecule has 1 saturated carbocycles. The fraction of sp³-hybridized carbons (Fsp3) is 0.406. The number of hydrogen-bond donors (Lipinski definition) is 2. The third-order valence-corrected chi connectivity index (χ3v) is 8.92. The molecule has 5 heterocycles. The number of nitrogens with zero attached hydrogens (tertiary/aromatic N) is 5. The maximum absolute atomic E-state index is 13.4. The summed E-state index contributed by atoms with van der Waals surface area (Å²) in [6.45, 7) is 4.05. The van der Waals surface area contributed by atoms with Crippen LogP contribution < -0.4 is 11.1 Å². The number of benzene rings is 1. The second-order valence-electron chi connectivity index (χ2n) is 12.4. The number of amides is 2. The fourth-order valence-corrected chi connectivity index (χ4v) is 6.26. The molecule has 1 aromatic carbocycles. The predicted octanol–water partition coefficient (Wildman–Crippen LogP) is 5.26. The number of fused-ring (bicyclic) bond motifs is 1. The van der Waals surface area contributed by atoms with Crippen LogP contribution in [0, 0.1) is 5.41 Å². The summed E-state index contributed by atoms with van der Waals surface area (Å²) < 4.78 is 46.8. The lowest BCUT2D eigenvalue weighted by Gasteiger charge is -2.42. The average molecular weight is 620 g/mol. The van der Waals surface area contributed by atoms with E-state index in [4.69, 9.17) is 15.5 Å². The number of alkyl halides is 3. The number of likely N-dealkylation sites (tertiary alicyclic amines) is 1. The standard InChI is InChI=1S/C32H32F3N7O3/c1-31(16-45-17-31)30(44)41-12-2-3-21(15-41)28-40-25(26-27(36)38-14-23(42(26)28)18-4-5-18)19-6-8-20(9-7-19)29(43)39-24-13-22(10-11-37-24)32(33,34)35/h6-11,13-14,18,21H,2-5,12,15-17H2,1H3,(H2,36,38)(H,37,39,43). The van der Waals surface area contributed by atoms with Crippen molar-refractivity contribution in [2.24, 2.45) is 5.41 Å². The number of nitrogens with one attached hydrogen (secondary N) is 1. The van der Waals surface area contributed by atoms with Gasteiger partial charge in [0, 0.05) is 54.1 Å². The number of ether oxygens (including phenoxy) is 1. The van der Waals surface area contributed by atoms with Gasteiger partial charge in [0.25, 0.3) is 5.91 Å². The number of hydrogen-bond acceptors (Lipinski definition) is 7. The van der Waals surface area contributed by atoms with Crippen molar-refractivity contribution in [2.45, 2.75) is 50.6 Å². The van der Waals surface area contributed by atoms with Gasteiger partial charge < -0.3 is 20.7 Å². The molecule has 10 nitrogen and oxygen atoms in total. The highest BCUT2D eigenvalue weighted by Crippen LogP contribution is 2.44. The van der Waals surface area contributed by atoms with Crippen LogP contribution in [-0.2, 0) is 15.7 Å². The Hall–Kier alpha value is -4.52. The van der Waals surface area contributed by atoms with Crippen LogP contribution in [0.25, 0.3) is 16.8 Å². The van der Waals surface area contributed by atoms with Crippen molar-refractivity contribution >= 4 is 29.0 Å². The summed E-state index contributed by atoms with van der Waals surface area (Å²) in [5, 5.41) is 2.43. The minimum Gasteiger partial charge on any atom is -0.382 e. The predicted molar refractivity (Wildman–Crippen MR) is 159 cm³/mol. The van der Waals surface area contributed by atoms with Gasteiger partial charge >= 0.3 is 6.18 Å². The maximum Gasteiger partial charge on any atom is 0.416 e. The Morgan fingerprint density at radius 3 is 2.49 bits per heavy atom. The highest BCUT2D eigenvalue weighted by molar-refractivity contribution is 6.04. The van der Waals surface area contributed by atoms with E-state index in [0.29, 0.717) is 54.8 Å². The molecule has 13 heteroatoms. The SMILES string of the molecule is CC1(C(=O)N2CCCC(c3nc(-c4ccc(C(=O)Nc5cc(C(F)(F)F)ccn5)cc4)c4c(N)ncc(C5CC5)n34)C2)COC1. The Morgan fingerprint density at radius 2 is 1.82 bits per heavy atom. The minimum atomic E-state index is -4.55. The second-order valence-corrected chi connectivity index (χ2v) is 12.4. The summed E-state index contributed by atoms with van der Waals surface area (Å²) in [7, 11) is 0. The lowest BCUT2D eigenvalue weighted by Crippen LogP contribution is -2.55. The summed E-state index contributed by atoms with van der Waals surface area (Å²) >= 11 is 0. The quantitative estimate of drug-likeness (QED) is 0.301. The number of aromatic nitrogens is 4. The van der Waals surface area contributed by atoms with E-state index in [-0.39, 0.29) is 23.2 Å². The zero-order chi connectivity index (χ0) is 31.5. The summed E-state index contributed by atoms with van der Waals surface area (Å²) in [6.07, 6.45) is 2.08. The molecule has 0 radical (unpaired) electrons. The number of anilines is 2. The van der Waals surface area contributed by atoms with E-state index in [1.807, 2.05) is 18.0 Å². The first-order valence-electron chi connectivity index (χ1n) is 15.0. The van der Waals surface area contributed by atoms with E-state index >= 15 is 0 Å². The molecular formula is C32H32F3N7O3. The highest BCUT2D eigenvalue weighted by Gasteiger charge is 2.45. The molecule has 1 aliphatic carbocycles. The zero-order valence-corrected chi connectivity index (χ0v) is 24.6. The first-order valence-corrected chi connectivity index (χ1v) is 15.0. The van der Waals surface area contributed by atoms with Crippen molar-refractivity contribution in [2.75, 3.05) is 37.4 Å². The van der Waals surface area contributed by atoms with Crippen LogP contribution in [0.4, 0.5) is 24.8 Å². The second kappa shape index (κ2) is 10.8. The number of carbonyl (C=O) groups is 2. The molecule has 0 spiro atoms. The normalized spacial score (nSPS) is 19.7. The van der Waals surface area contributed by atoms with Crippen molar-refractivity contribution in [3.63, 3.8) is 0 Å². The number of imidazole rings is 1. The molecule has 2 aliphatic heterocycles. The van der Waals surface area contributed by atoms with Crippen molar-refractivity contribution in [3.05, 3.63) is 71.4 Å². The first-order chi connectivity index (χ1) is 21.5. The number of nitrogens with two attached hydrogens (primary N) is 1. The Balaban J connectivity index is 1.21. The molecule has 2 amide bonds. The molecule has 1 atom stereocenters. The smallest absolute Gasteiger partial charge is 0.382 e. The summed E-state index contributed by atoms with van der Waals surface area (Å²) in [4.78, 5) is 41.7. The Bertz CT molecular complexity index is 1800. The monoisotopic (exact) mass is 619 g/mol. The van der Waals surface area contributed by atoms with E-state index in [1.165, 1.54) is 0 Å². The summed E-state index contributed by atoms with van der Waals surface area (Å²) in [5.74, 6) is 0.807. The van der Waals surface area contributed by atoms with Crippen LogP contribution in [0.15, 0.2) is 48.8 Å². The van der Waals surface area contributed by atoms with Gasteiger partial charge in [0.15, 0.2) is 0 Å². The molecule has 7 rings (SSSR count). The Kier molecular flexibility index (Phi) is 7.03. The number of rotatable bonds is 6. The van der Waals surface area contributed by atoms with Gasteiger partial charge in [-0.15, -0.1) is 0 Å². The number of nitrogen functional groups attached to an aromatic ring is 1. The number of pyridine rings is 1. The molecule has 3 aromatic heterocycles. The number of piperidine rings is 1. The molecule has 234 valence electrons. The van der Waals surface area contributed by atoms with E-state index < -0.39 is 23.1 Å². The van der Waals surface area contributed by atoms with Gasteiger partial charge in [-0.2, -0.15) is 13.2 Å². The van der Waals surface area contributed by atoms with Gasteiger partial charge in [-0.05, 0) is 56.9 Å². The molecular weight excluding hydrogens is 587 g/mol. The van der Waals surface area contributed by atoms with E-state index in [9.17, 15) is 22.8 Å².